The second-order valence-corrected chi connectivity index (χ2v) is 5.27. The van der Waals surface area contributed by atoms with Crippen molar-refractivity contribution in [3.63, 3.8) is 0 Å². The molecule has 0 radical (unpaired) electrons. The number of methoxy groups -OCH3 is 1. The molecule has 1 amide bonds. The van der Waals surface area contributed by atoms with E-state index in [4.69, 9.17) is 9.47 Å². The zero-order valence-corrected chi connectivity index (χ0v) is 14.1. The van der Waals surface area contributed by atoms with E-state index in [0.717, 1.165) is 17.7 Å². The molecule has 0 saturated carbocycles. The number of ketones is 1. The Kier molecular flexibility index (Phi) is 5.95. The molecule has 0 spiro atoms. The van der Waals surface area contributed by atoms with Gasteiger partial charge in [0, 0.05) is 11.8 Å². The van der Waals surface area contributed by atoms with Crippen LogP contribution < -0.4 is 14.8 Å². The maximum Gasteiger partial charge on any atom is 0.262 e. The van der Waals surface area contributed by atoms with E-state index in [1.165, 1.54) is 14.0 Å². The first-order valence-corrected chi connectivity index (χ1v) is 7.74. The number of benzene rings is 2. The first-order valence-electron chi connectivity index (χ1n) is 7.74. The molecule has 0 atom stereocenters. The van der Waals surface area contributed by atoms with Crippen molar-refractivity contribution in [3.8, 4) is 11.5 Å². The van der Waals surface area contributed by atoms with Crippen LogP contribution in [0.3, 0.4) is 0 Å². The number of Topliss-reactive ketones (excluding diaryl/α,β-unsaturated/α-hetero) is 1. The van der Waals surface area contributed by atoms with Gasteiger partial charge in [0.1, 0.15) is 11.5 Å². The van der Waals surface area contributed by atoms with Crippen molar-refractivity contribution in [1.29, 1.82) is 0 Å². The average Bonchev–Trinajstić information content (AvgIpc) is 2.60. The van der Waals surface area contributed by atoms with Crippen LogP contribution in [-0.2, 0) is 11.2 Å². The SMILES string of the molecule is CCc1ccccc1NC(=O)COc1cc(OC)ccc1C(C)=O. The zero-order chi connectivity index (χ0) is 17.5. The number of hydrogen-bond donors (Lipinski definition) is 1. The van der Waals surface area contributed by atoms with Gasteiger partial charge in [-0.1, -0.05) is 25.1 Å². The van der Waals surface area contributed by atoms with E-state index < -0.39 is 0 Å². The highest BCUT2D eigenvalue weighted by Gasteiger charge is 2.12. The van der Waals surface area contributed by atoms with Crippen LogP contribution in [0.1, 0.15) is 29.8 Å². The number of hydrogen-bond acceptors (Lipinski definition) is 4. The van der Waals surface area contributed by atoms with Gasteiger partial charge >= 0.3 is 0 Å². The van der Waals surface area contributed by atoms with Gasteiger partial charge in [0.15, 0.2) is 12.4 Å². The summed E-state index contributed by atoms with van der Waals surface area (Å²) in [6.07, 6.45) is 0.821. The fourth-order valence-electron chi connectivity index (χ4n) is 2.32. The van der Waals surface area contributed by atoms with E-state index >= 15 is 0 Å². The highest BCUT2D eigenvalue weighted by molar-refractivity contribution is 5.97. The van der Waals surface area contributed by atoms with Gasteiger partial charge in [0.2, 0.25) is 0 Å². The van der Waals surface area contributed by atoms with Gasteiger partial charge in [0.25, 0.3) is 5.91 Å². The van der Waals surface area contributed by atoms with Crippen LogP contribution >= 0.6 is 0 Å². The molecule has 0 fully saturated rings. The lowest BCUT2D eigenvalue weighted by Gasteiger charge is -2.13. The molecule has 24 heavy (non-hydrogen) atoms. The summed E-state index contributed by atoms with van der Waals surface area (Å²) in [7, 11) is 1.53. The van der Waals surface area contributed by atoms with Gasteiger partial charge in [0.05, 0.1) is 12.7 Å². The third-order valence-electron chi connectivity index (χ3n) is 3.60. The summed E-state index contributed by atoms with van der Waals surface area (Å²) in [6, 6.07) is 12.5. The molecule has 0 heterocycles. The molecule has 2 aromatic carbocycles. The van der Waals surface area contributed by atoms with Crippen molar-refractivity contribution < 1.29 is 19.1 Å². The fourth-order valence-corrected chi connectivity index (χ4v) is 2.32. The minimum atomic E-state index is -0.284. The Balaban J connectivity index is 2.07. The summed E-state index contributed by atoms with van der Waals surface area (Å²) in [5.74, 6) is 0.477. The van der Waals surface area contributed by atoms with Crippen molar-refractivity contribution in [2.45, 2.75) is 20.3 Å². The van der Waals surface area contributed by atoms with Crippen molar-refractivity contribution >= 4 is 17.4 Å². The maximum absolute atomic E-state index is 12.1. The van der Waals surface area contributed by atoms with Crippen LogP contribution in [0.4, 0.5) is 5.69 Å². The topological polar surface area (TPSA) is 64.6 Å². The van der Waals surface area contributed by atoms with E-state index in [0.29, 0.717) is 17.1 Å². The summed E-state index contributed by atoms with van der Waals surface area (Å²) < 4.78 is 10.7. The second-order valence-electron chi connectivity index (χ2n) is 5.27. The number of ether oxygens (including phenoxy) is 2. The average molecular weight is 327 g/mol. The van der Waals surface area contributed by atoms with Gasteiger partial charge in [-0.05, 0) is 37.1 Å². The van der Waals surface area contributed by atoms with Gasteiger partial charge in [-0.3, -0.25) is 9.59 Å². The minimum Gasteiger partial charge on any atom is -0.497 e. The Morgan fingerprint density at radius 3 is 2.54 bits per heavy atom. The fraction of sp³-hybridized carbons (Fsp3) is 0.263. The molecule has 2 rings (SSSR count). The van der Waals surface area contributed by atoms with Crippen LogP contribution in [0.5, 0.6) is 11.5 Å². The number of amides is 1. The summed E-state index contributed by atoms with van der Waals surface area (Å²) in [5.41, 5.74) is 2.24. The number of para-hydroxylation sites is 1. The van der Waals surface area contributed by atoms with Crippen LogP contribution in [0.25, 0.3) is 0 Å². The number of nitrogens with one attached hydrogen (secondary N) is 1. The van der Waals surface area contributed by atoms with Crippen molar-refractivity contribution in [1.82, 2.24) is 0 Å². The Labute approximate surface area is 141 Å². The van der Waals surface area contributed by atoms with E-state index in [-0.39, 0.29) is 18.3 Å². The normalized spacial score (nSPS) is 10.1. The molecule has 126 valence electrons. The summed E-state index contributed by atoms with van der Waals surface area (Å²) in [5, 5.41) is 2.83. The van der Waals surface area contributed by atoms with E-state index in [1.54, 1.807) is 18.2 Å². The molecule has 1 N–H and O–H groups in total. The lowest BCUT2D eigenvalue weighted by molar-refractivity contribution is -0.118. The Morgan fingerprint density at radius 1 is 1.12 bits per heavy atom. The van der Waals surface area contributed by atoms with Crippen LogP contribution in [0.2, 0.25) is 0 Å². The standard InChI is InChI=1S/C19H21NO4/c1-4-14-7-5-6-8-17(14)20-19(22)12-24-18-11-15(23-3)9-10-16(18)13(2)21/h5-11H,4,12H2,1-3H3,(H,20,22). The Bertz CT molecular complexity index is 740. The molecule has 5 nitrogen and oxygen atoms in total. The van der Waals surface area contributed by atoms with Crippen molar-refractivity contribution in [3.05, 3.63) is 53.6 Å². The molecular weight excluding hydrogens is 306 g/mol. The molecule has 2 aromatic rings. The highest BCUT2D eigenvalue weighted by atomic mass is 16.5. The zero-order valence-electron chi connectivity index (χ0n) is 14.1. The number of carbonyl (C=O) groups is 2. The maximum atomic E-state index is 12.1. The van der Waals surface area contributed by atoms with Gasteiger partial charge in [-0.2, -0.15) is 0 Å². The molecule has 0 unspecified atom stereocenters. The quantitative estimate of drug-likeness (QED) is 0.791. The number of rotatable bonds is 7. The van der Waals surface area contributed by atoms with Gasteiger partial charge in [-0.15, -0.1) is 0 Å². The lowest BCUT2D eigenvalue weighted by Crippen LogP contribution is -2.21. The number of anilines is 1. The van der Waals surface area contributed by atoms with E-state index in [2.05, 4.69) is 5.32 Å². The largest absolute Gasteiger partial charge is 0.497 e. The van der Waals surface area contributed by atoms with Crippen LogP contribution in [0.15, 0.2) is 42.5 Å². The third kappa shape index (κ3) is 4.35. The van der Waals surface area contributed by atoms with Crippen molar-refractivity contribution in [2.75, 3.05) is 19.0 Å². The molecule has 0 bridgehead atoms. The molecule has 5 heteroatoms. The molecule has 0 saturated heterocycles. The van der Waals surface area contributed by atoms with Gasteiger partial charge < -0.3 is 14.8 Å². The first-order chi connectivity index (χ1) is 11.5. The molecule has 0 aliphatic rings. The van der Waals surface area contributed by atoms with Gasteiger partial charge in [-0.25, -0.2) is 0 Å². The highest BCUT2D eigenvalue weighted by Crippen LogP contribution is 2.25. The second kappa shape index (κ2) is 8.15. The Hall–Kier alpha value is -2.82. The van der Waals surface area contributed by atoms with Crippen LogP contribution in [0, 0.1) is 0 Å². The molecule has 0 aliphatic heterocycles. The number of carbonyl (C=O) groups excluding carboxylic acids is 2. The smallest absolute Gasteiger partial charge is 0.262 e. The molecular formula is C19H21NO4. The molecule has 0 aromatic heterocycles. The summed E-state index contributed by atoms with van der Waals surface area (Å²) in [6.45, 7) is 3.29. The summed E-state index contributed by atoms with van der Waals surface area (Å²) in [4.78, 5) is 23.8. The third-order valence-corrected chi connectivity index (χ3v) is 3.60. The van der Waals surface area contributed by atoms with Crippen LogP contribution in [-0.4, -0.2) is 25.4 Å². The predicted molar refractivity (Wildman–Crippen MR) is 92.9 cm³/mol. The van der Waals surface area contributed by atoms with Crippen molar-refractivity contribution in [2.24, 2.45) is 0 Å². The van der Waals surface area contributed by atoms with E-state index in [1.807, 2.05) is 31.2 Å². The monoisotopic (exact) mass is 327 g/mol. The lowest BCUT2D eigenvalue weighted by atomic mass is 10.1. The minimum absolute atomic E-state index is 0.135. The Morgan fingerprint density at radius 2 is 1.88 bits per heavy atom. The van der Waals surface area contributed by atoms with E-state index in [9.17, 15) is 9.59 Å². The first kappa shape index (κ1) is 17.5. The summed E-state index contributed by atoms with van der Waals surface area (Å²) >= 11 is 0. The molecule has 0 aliphatic carbocycles. The predicted octanol–water partition coefficient (Wildman–Crippen LogP) is 3.48. The number of aryl methyl sites for hydroxylation is 1.